The van der Waals surface area contributed by atoms with Crippen LogP contribution in [0, 0.1) is 10.5 Å². The van der Waals surface area contributed by atoms with Gasteiger partial charge in [0.25, 0.3) is 0 Å². The molecule has 0 atom stereocenters. The smallest absolute Gasteiger partial charge is 0.130 e. The Labute approximate surface area is 168 Å². The maximum Gasteiger partial charge on any atom is 0.130 e. The molecule has 0 fully saturated rings. The second kappa shape index (κ2) is 6.12. The van der Waals surface area contributed by atoms with Gasteiger partial charge < -0.3 is 15.7 Å². The molecule has 0 aliphatic carbocycles. The second-order valence-electron chi connectivity index (χ2n) is 6.69. The zero-order valence-corrected chi connectivity index (χ0v) is 16.8. The largest absolute Gasteiger partial charge is 0.383 e. The van der Waals surface area contributed by atoms with Gasteiger partial charge in [0.15, 0.2) is 0 Å². The van der Waals surface area contributed by atoms with Gasteiger partial charge in [0.05, 0.1) is 22.9 Å². The van der Waals surface area contributed by atoms with E-state index in [2.05, 4.69) is 66.9 Å². The molecular weight excluding hydrogens is 451 g/mol. The summed E-state index contributed by atoms with van der Waals surface area (Å²) in [4.78, 5) is 11.2. The third-order valence-electron chi connectivity index (χ3n) is 4.74. The van der Waals surface area contributed by atoms with E-state index in [1.54, 1.807) is 4.68 Å². The number of rotatable bonds is 3. The van der Waals surface area contributed by atoms with Gasteiger partial charge in [-0.15, -0.1) is 0 Å². The number of nitrogens with zero attached hydrogens (tertiary/aromatic N) is 3. The molecule has 0 saturated carbocycles. The third kappa shape index (κ3) is 2.87. The first-order valence-electron chi connectivity index (χ1n) is 8.63. The number of benzene rings is 2. The summed E-state index contributed by atoms with van der Waals surface area (Å²) < 4.78 is 2.99. The number of fused-ring (bicyclic) bond motifs is 2. The van der Waals surface area contributed by atoms with Gasteiger partial charge >= 0.3 is 0 Å². The van der Waals surface area contributed by atoms with Crippen molar-refractivity contribution >= 4 is 50.3 Å². The van der Waals surface area contributed by atoms with Crippen LogP contribution in [-0.2, 0) is 6.42 Å². The molecule has 134 valence electrons. The summed E-state index contributed by atoms with van der Waals surface area (Å²) in [5.41, 5.74) is 12.5. The fourth-order valence-electron chi connectivity index (χ4n) is 3.45. The van der Waals surface area contributed by atoms with Gasteiger partial charge in [0, 0.05) is 26.8 Å². The molecule has 0 aliphatic heterocycles. The number of hydrogen-bond donors (Lipinski definition) is 3. The standard InChI is InChI=1S/C20H17IN6/c1-11-24-17-5-4-16(9-19(17)25-11)27-20(22)13(10-23-27)7-15-6-12-2-3-14(21)8-18(12)26-15/h2-6,8-10,26H,7,22H2,1H3,(H,24,25). The van der Waals surface area contributed by atoms with Crippen molar-refractivity contribution in [1.82, 2.24) is 24.7 Å². The maximum absolute atomic E-state index is 6.41. The lowest BCUT2D eigenvalue weighted by molar-refractivity contribution is 0.892. The van der Waals surface area contributed by atoms with Crippen LogP contribution in [0.5, 0.6) is 0 Å². The van der Waals surface area contributed by atoms with Gasteiger partial charge in [-0.1, -0.05) is 6.07 Å². The highest BCUT2D eigenvalue weighted by molar-refractivity contribution is 14.1. The number of aromatic nitrogens is 5. The van der Waals surface area contributed by atoms with Gasteiger partial charge in [0.2, 0.25) is 0 Å². The molecule has 0 bridgehead atoms. The van der Waals surface area contributed by atoms with Crippen molar-refractivity contribution < 1.29 is 0 Å². The van der Waals surface area contributed by atoms with Crippen LogP contribution < -0.4 is 5.73 Å². The molecule has 0 radical (unpaired) electrons. The highest BCUT2D eigenvalue weighted by Crippen LogP contribution is 2.24. The Hall–Kier alpha value is -2.81. The van der Waals surface area contributed by atoms with Crippen molar-refractivity contribution in [2.75, 3.05) is 5.73 Å². The van der Waals surface area contributed by atoms with Crippen molar-refractivity contribution in [1.29, 1.82) is 0 Å². The Morgan fingerprint density at radius 2 is 1.96 bits per heavy atom. The van der Waals surface area contributed by atoms with Gasteiger partial charge in [-0.25, -0.2) is 9.67 Å². The number of nitrogens with one attached hydrogen (secondary N) is 2. The predicted octanol–water partition coefficient (Wildman–Crippen LogP) is 4.32. The van der Waals surface area contributed by atoms with E-state index in [9.17, 15) is 0 Å². The first-order chi connectivity index (χ1) is 13.1. The van der Waals surface area contributed by atoms with Crippen LogP contribution in [0.3, 0.4) is 0 Å². The molecule has 4 N–H and O–H groups in total. The molecule has 3 heterocycles. The number of anilines is 1. The topological polar surface area (TPSA) is 88.3 Å². The number of hydrogen-bond acceptors (Lipinski definition) is 3. The van der Waals surface area contributed by atoms with Gasteiger partial charge in [-0.3, -0.25) is 0 Å². The molecular formula is C20H17IN6. The van der Waals surface area contributed by atoms with E-state index in [0.717, 1.165) is 39.3 Å². The van der Waals surface area contributed by atoms with E-state index in [-0.39, 0.29) is 0 Å². The minimum Gasteiger partial charge on any atom is -0.383 e. The lowest BCUT2D eigenvalue weighted by atomic mass is 10.1. The summed E-state index contributed by atoms with van der Waals surface area (Å²) in [6.45, 7) is 1.95. The van der Waals surface area contributed by atoms with E-state index in [1.165, 1.54) is 8.96 Å². The van der Waals surface area contributed by atoms with Crippen molar-refractivity contribution in [3.05, 3.63) is 69.3 Å². The van der Waals surface area contributed by atoms with Crippen LogP contribution in [-0.4, -0.2) is 24.7 Å². The Balaban J connectivity index is 1.49. The van der Waals surface area contributed by atoms with Crippen LogP contribution in [0.1, 0.15) is 17.1 Å². The van der Waals surface area contributed by atoms with Gasteiger partial charge in [-0.2, -0.15) is 5.10 Å². The molecule has 7 heteroatoms. The van der Waals surface area contributed by atoms with Gasteiger partial charge in [0.1, 0.15) is 11.6 Å². The molecule has 0 unspecified atom stereocenters. The van der Waals surface area contributed by atoms with Crippen molar-refractivity contribution in [3.8, 4) is 5.69 Å². The zero-order valence-electron chi connectivity index (χ0n) is 14.6. The van der Waals surface area contributed by atoms with E-state index in [4.69, 9.17) is 5.73 Å². The summed E-state index contributed by atoms with van der Waals surface area (Å²) >= 11 is 2.32. The molecule has 0 amide bonds. The lowest BCUT2D eigenvalue weighted by Gasteiger charge is -2.05. The Kier molecular flexibility index (Phi) is 3.71. The first kappa shape index (κ1) is 16.4. The Morgan fingerprint density at radius 3 is 2.85 bits per heavy atom. The number of nitrogen functional groups attached to an aromatic ring is 1. The molecule has 0 spiro atoms. The Morgan fingerprint density at radius 1 is 1.07 bits per heavy atom. The summed E-state index contributed by atoms with van der Waals surface area (Å²) in [5, 5.41) is 5.71. The normalized spacial score (nSPS) is 11.6. The minimum absolute atomic E-state index is 0.652. The Bertz CT molecular complexity index is 1290. The molecule has 0 aliphatic rings. The number of halogens is 1. The number of aryl methyl sites for hydroxylation is 1. The maximum atomic E-state index is 6.41. The average molecular weight is 468 g/mol. The van der Waals surface area contributed by atoms with Crippen LogP contribution in [0.25, 0.3) is 27.6 Å². The van der Waals surface area contributed by atoms with E-state index in [0.29, 0.717) is 12.2 Å². The molecule has 5 rings (SSSR count). The van der Waals surface area contributed by atoms with Crippen LogP contribution in [0.2, 0.25) is 0 Å². The molecule has 6 nitrogen and oxygen atoms in total. The van der Waals surface area contributed by atoms with E-state index >= 15 is 0 Å². The first-order valence-corrected chi connectivity index (χ1v) is 9.71. The lowest BCUT2D eigenvalue weighted by Crippen LogP contribution is -2.03. The third-order valence-corrected chi connectivity index (χ3v) is 5.41. The van der Waals surface area contributed by atoms with E-state index < -0.39 is 0 Å². The summed E-state index contributed by atoms with van der Waals surface area (Å²) in [5.74, 6) is 1.54. The van der Waals surface area contributed by atoms with Gasteiger partial charge in [-0.05, 0) is 71.3 Å². The molecule has 27 heavy (non-hydrogen) atoms. The fourth-order valence-corrected chi connectivity index (χ4v) is 3.94. The highest BCUT2D eigenvalue weighted by atomic mass is 127. The average Bonchev–Trinajstić information content (AvgIpc) is 3.30. The second-order valence-corrected chi connectivity index (χ2v) is 7.94. The van der Waals surface area contributed by atoms with Crippen molar-refractivity contribution in [2.24, 2.45) is 0 Å². The summed E-state index contributed by atoms with van der Waals surface area (Å²) in [7, 11) is 0. The van der Waals surface area contributed by atoms with Crippen LogP contribution in [0.4, 0.5) is 5.82 Å². The molecule has 0 saturated heterocycles. The quantitative estimate of drug-likeness (QED) is 0.345. The number of nitrogens with two attached hydrogens (primary N) is 1. The number of imidazole rings is 1. The predicted molar refractivity (Wildman–Crippen MR) is 116 cm³/mol. The highest BCUT2D eigenvalue weighted by Gasteiger charge is 2.12. The zero-order chi connectivity index (χ0) is 18.5. The van der Waals surface area contributed by atoms with E-state index in [1.807, 2.05) is 31.3 Å². The minimum atomic E-state index is 0.652. The summed E-state index contributed by atoms with van der Waals surface area (Å²) in [6, 6.07) is 14.5. The van der Waals surface area contributed by atoms with Crippen molar-refractivity contribution in [2.45, 2.75) is 13.3 Å². The van der Waals surface area contributed by atoms with Crippen molar-refractivity contribution in [3.63, 3.8) is 0 Å². The number of H-pyrrole nitrogens is 2. The summed E-state index contributed by atoms with van der Waals surface area (Å²) in [6.07, 6.45) is 2.55. The monoisotopic (exact) mass is 468 g/mol. The molecule has 3 aromatic heterocycles. The fraction of sp³-hybridized carbons (Fsp3) is 0.100. The molecule has 5 aromatic rings. The van der Waals surface area contributed by atoms with Crippen LogP contribution in [0.15, 0.2) is 48.7 Å². The SMILES string of the molecule is Cc1nc2ccc(-n3ncc(Cc4cc5ccc(I)cc5[nH]4)c3N)cc2[nH]1. The molecule has 2 aromatic carbocycles. The number of aromatic amines is 2. The van der Waals surface area contributed by atoms with Crippen LogP contribution >= 0.6 is 22.6 Å².